The molecule has 0 bridgehead atoms. The minimum Gasteiger partial charge on any atom is -0.492 e. The van der Waals surface area contributed by atoms with Crippen LogP contribution in [0.4, 0.5) is 0 Å². The molecular weight excluding hydrogens is 245 g/mol. The van der Waals surface area contributed by atoms with Crippen LogP contribution in [0.2, 0.25) is 0 Å². The second-order valence-electron chi connectivity index (χ2n) is 4.22. The molecule has 0 aliphatic rings. The fraction of sp³-hybridized carbons (Fsp3) is 0.538. The van der Waals surface area contributed by atoms with Crippen molar-refractivity contribution in [3.63, 3.8) is 0 Å². The third kappa shape index (κ3) is 6.07. The van der Waals surface area contributed by atoms with Gasteiger partial charge in [0.2, 0.25) is 0 Å². The second kappa shape index (κ2) is 8.93. The van der Waals surface area contributed by atoms with Crippen molar-refractivity contribution >= 4 is 12.6 Å². The van der Waals surface area contributed by atoms with Crippen LogP contribution in [0.1, 0.15) is 6.92 Å². The summed E-state index contributed by atoms with van der Waals surface area (Å²) in [5.41, 5.74) is 0.461. The molecule has 1 aromatic carbocycles. The Kier molecular flexibility index (Phi) is 7.51. The minimum atomic E-state index is -1.43. The van der Waals surface area contributed by atoms with Gasteiger partial charge in [-0.3, -0.25) is 4.90 Å². The van der Waals surface area contributed by atoms with Crippen LogP contribution in [-0.2, 0) is 4.74 Å². The lowest BCUT2D eigenvalue weighted by atomic mass is 9.80. The maximum absolute atomic E-state index is 8.97. The lowest BCUT2D eigenvalue weighted by molar-refractivity contribution is 0.138. The highest BCUT2D eigenvalue weighted by atomic mass is 16.5. The lowest BCUT2D eigenvalue weighted by Gasteiger charge is -2.19. The highest BCUT2D eigenvalue weighted by Crippen LogP contribution is 2.07. The van der Waals surface area contributed by atoms with Crippen molar-refractivity contribution in [3.8, 4) is 5.75 Å². The van der Waals surface area contributed by atoms with Gasteiger partial charge in [-0.1, -0.05) is 19.1 Å². The van der Waals surface area contributed by atoms with Crippen LogP contribution in [0.25, 0.3) is 0 Å². The number of hydrogen-bond acceptors (Lipinski definition) is 5. The van der Waals surface area contributed by atoms with Crippen LogP contribution >= 0.6 is 0 Å². The summed E-state index contributed by atoms with van der Waals surface area (Å²) in [6, 6.07) is 6.76. The SMILES string of the molecule is CCN(CCOC)CCOc1ccc(B(O)O)cc1. The van der Waals surface area contributed by atoms with Crippen molar-refractivity contribution in [2.24, 2.45) is 0 Å². The molecule has 0 radical (unpaired) electrons. The summed E-state index contributed by atoms with van der Waals surface area (Å²) >= 11 is 0. The molecule has 5 nitrogen and oxygen atoms in total. The Morgan fingerprint density at radius 3 is 2.26 bits per heavy atom. The first-order chi connectivity index (χ1) is 9.17. The molecule has 0 fully saturated rings. The molecule has 1 rings (SSSR count). The van der Waals surface area contributed by atoms with E-state index in [2.05, 4.69) is 11.8 Å². The number of benzene rings is 1. The largest absolute Gasteiger partial charge is 0.492 e. The topological polar surface area (TPSA) is 62.2 Å². The maximum atomic E-state index is 8.97. The number of nitrogens with zero attached hydrogens (tertiary/aromatic N) is 1. The molecule has 0 heterocycles. The maximum Gasteiger partial charge on any atom is 0.488 e. The average Bonchev–Trinajstić information content (AvgIpc) is 2.43. The van der Waals surface area contributed by atoms with Crippen LogP contribution in [0.15, 0.2) is 24.3 Å². The molecule has 0 spiro atoms. The van der Waals surface area contributed by atoms with Gasteiger partial charge < -0.3 is 19.5 Å². The molecule has 0 amide bonds. The molecule has 1 aromatic rings. The van der Waals surface area contributed by atoms with Gasteiger partial charge in [-0.15, -0.1) is 0 Å². The predicted molar refractivity (Wildman–Crippen MR) is 75.8 cm³/mol. The van der Waals surface area contributed by atoms with Crippen molar-refractivity contribution < 1.29 is 19.5 Å². The van der Waals surface area contributed by atoms with Crippen LogP contribution in [0.5, 0.6) is 5.75 Å². The Morgan fingerprint density at radius 1 is 1.11 bits per heavy atom. The van der Waals surface area contributed by atoms with Crippen LogP contribution in [-0.4, -0.2) is 62.0 Å². The van der Waals surface area contributed by atoms with Gasteiger partial charge in [-0.05, 0) is 24.1 Å². The molecule has 6 heteroatoms. The summed E-state index contributed by atoms with van der Waals surface area (Å²) in [5, 5.41) is 17.9. The first-order valence-electron chi connectivity index (χ1n) is 6.47. The summed E-state index contributed by atoms with van der Waals surface area (Å²) in [6.07, 6.45) is 0. The first kappa shape index (κ1) is 16.0. The van der Waals surface area contributed by atoms with Gasteiger partial charge in [0.05, 0.1) is 6.61 Å². The molecule has 0 aliphatic heterocycles. The van der Waals surface area contributed by atoms with Gasteiger partial charge in [0.25, 0.3) is 0 Å². The number of hydrogen-bond donors (Lipinski definition) is 2. The minimum absolute atomic E-state index is 0.461. The van der Waals surface area contributed by atoms with E-state index in [0.29, 0.717) is 12.1 Å². The van der Waals surface area contributed by atoms with Crippen LogP contribution in [0, 0.1) is 0 Å². The first-order valence-corrected chi connectivity index (χ1v) is 6.47. The zero-order chi connectivity index (χ0) is 14.1. The van der Waals surface area contributed by atoms with E-state index in [1.165, 1.54) is 0 Å². The van der Waals surface area contributed by atoms with Crippen molar-refractivity contribution in [1.82, 2.24) is 4.90 Å². The Balaban J connectivity index is 2.31. The number of rotatable bonds is 9. The fourth-order valence-corrected chi connectivity index (χ4v) is 1.68. The van der Waals surface area contributed by atoms with Gasteiger partial charge in [-0.2, -0.15) is 0 Å². The summed E-state index contributed by atoms with van der Waals surface area (Å²) in [7, 11) is 0.264. The van der Waals surface area contributed by atoms with E-state index in [1.54, 1.807) is 31.4 Å². The van der Waals surface area contributed by atoms with E-state index in [-0.39, 0.29) is 0 Å². The normalized spacial score (nSPS) is 10.8. The molecule has 0 atom stereocenters. The molecular formula is C13H22BNO4. The molecule has 0 unspecified atom stereocenters. The monoisotopic (exact) mass is 267 g/mol. The van der Waals surface area contributed by atoms with E-state index < -0.39 is 7.12 Å². The summed E-state index contributed by atoms with van der Waals surface area (Å²) in [5.74, 6) is 0.729. The van der Waals surface area contributed by atoms with Crippen molar-refractivity contribution in [2.75, 3.05) is 40.0 Å². The Morgan fingerprint density at radius 2 is 1.74 bits per heavy atom. The summed E-state index contributed by atoms with van der Waals surface area (Å²) in [4.78, 5) is 2.25. The third-order valence-electron chi connectivity index (χ3n) is 2.91. The molecule has 19 heavy (non-hydrogen) atoms. The Bertz CT molecular complexity index is 345. The smallest absolute Gasteiger partial charge is 0.488 e. The lowest BCUT2D eigenvalue weighted by Crippen LogP contribution is -2.31. The Labute approximate surface area is 114 Å². The number of methoxy groups -OCH3 is 1. The summed E-state index contributed by atoms with van der Waals surface area (Å²) < 4.78 is 10.7. The van der Waals surface area contributed by atoms with Gasteiger partial charge >= 0.3 is 7.12 Å². The number of ether oxygens (including phenoxy) is 2. The summed E-state index contributed by atoms with van der Waals surface area (Å²) in [6.45, 7) is 6.11. The van der Waals surface area contributed by atoms with Crippen molar-refractivity contribution in [3.05, 3.63) is 24.3 Å². The van der Waals surface area contributed by atoms with Gasteiger partial charge in [-0.25, -0.2) is 0 Å². The van der Waals surface area contributed by atoms with E-state index in [1.807, 2.05) is 0 Å². The highest BCUT2D eigenvalue weighted by molar-refractivity contribution is 6.58. The van der Waals surface area contributed by atoms with Crippen molar-refractivity contribution in [2.45, 2.75) is 6.92 Å². The zero-order valence-corrected chi connectivity index (χ0v) is 11.6. The standard InChI is InChI=1S/C13H22BNO4/c1-3-15(8-10-18-2)9-11-19-13-6-4-12(5-7-13)14(16)17/h4-7,16-17H,3,8-11H2,1-2H3. The van der Waals surface area contributed by atoms with Crippen molar-refractivity contribution in [1.29, 1.82) is 0 Å². The molecule has 0 saturated carbocycles. The third-order valence-corrected chi connectivity index (χ3v) is 2.91. The van der Waals surface area contributed by atoms with Crippen LogP contribution in [0.3, 0.4) is 0 Å². The van der Waals surface area contributed by atoms with E-state index in [4.69, 9.17) is 19.5 Å². The fourth-order valence-electron chi connectivity index (χ4n) is 1.68. The average molecular weight is 267 g/mol. The van der Waals surface area contributed by atoms with Gasteiger partial charge in [0.1, 0.15) is 12.4 Å². The van der Waals surface area contributed by atoms with Gasteiger partial charge in [0.15, 0.2) is 0 Å². The molecule has 0 saturated heterocycles. The van der Waals surface area contributed by atoms with Crippen LogP contribution < -0.4 is 10.2 Å². The van der Waals surface area contributed by atoms with Gasteiger partial charge in [0, 0.05) is 20.2 Å². The number of likely N-dealkylation sites (N-methyl/N-ethyl adjacent to an activating group) is 1. The van der Waals surface area contributed by atoms with E-state index in [0.717, 1.165) is 32.0 Å². The highest BCUT2D eigenvalue weighted by Gasteiger charge is 2.10. The zero-order valence-electron chi connectivity index (χ0n) is 11.6. The molecule has 106 valence electrons. The Hall–Kier alpha value is -1.08. The second-order valence-corrected chi connectivity index (χ2v) is 4.22. The molecule has 2 N–H and O–H groups in total. The van der Waals surface area contributed by atoms with E-state index in [9.17, 15) is 0 Å². The van der Waals surface area contributed by atoms with E-state index >= 15 is 0 Å². The predicted octanol–water partition coefficient (Wildman–Crippen LogP) is -0.286. The molecule has 0 aliphatic carbocycles. The quantitative estimate of drug-likeness (QED) is 0.602. The molecule has 0 aromatic heterocycles.